The van der Waals surface area contributed by atoms with Crippen molar-refractivity contribution in [2.24, 2.45) is 0 Å². The van der Waals surface area contributed by atoms with Gasteiger partial charge in [0.15, 0.2) is 0 Å². The molecule has 106 valence electrons. The van der Waals surface area contributed by atoms with Crippen molar-refractivity contribution in [2.75, 3.05) is 6.61 Å². The van der Waals surface area contributed by atoms with Crippen molar-refractivity contribution < 1.29 is 4.74 Å². The summed E-state index contributed by atoms with van der Waals surface area (Å²) < 4.78 is 5.73. The fourth-order valence-electron chi connectivity index (χ4n) is 2.41. The van der Waals surface area contributed by atoms with Crippen LogP contribution in [0.15, 0.2) is 30.4 Å². The molecule has 0 saturated carbocycles. The third-order valence-corrected chi connectivity index (χ3v) is 3.56. The van der Waals surface area contributed by atoms with E-state index in [0.717, 1.165) is 31.6 Å². The standard InChI is InChI=1S/C18H28O/c1-5-9-10-15(7-3)18-12-11-17(19-13-6-2)14-16(18)8-4/h5,9,11-12,14-15H,6-8,10,13H2,1-4H3/b9-5-. The van der Waals surface area contributed by atoms with E-state index in [1.54, 1.807) is 0 Å². The molecule has 1 nitrogen and oxygen atoms in total. The maximum absolute atomic E-state index is 5.73. The van der Waals surface area contributed by atoms with Gasteiger partial charge in [0.05, 0.1) is 6.61 Å². The summed E-state index contributed by atoms with van der Waals surface area (Å²) in [6.07, 6.45) is 8.87. The molecule has 1 unspecified atom stereocenters. The quantitative estimate of drug-likeness (QED) is 0.561. The second-order valence-corrected chi connectivity index (χ2v) is 4.97. The summed E-state index contributed by atoms with van der Waals surface area (Å²) in [5.41, 5.74) is 2.93. The van der Waals surface area contributed by atoms with Gasteiger partial charge in [-0.15, -0.1) is 0 Å². The molecule has 1 rings (SSSR count). The predicted octanol–water partition coefficient (Wildman–Crippen LogP) is 5.50. The summed E-state index contributed by atoms with van der Waals surface area (Å²) in [5.74, 6) is 1.65. The molecule has 19 heavy (non-hydrogen) atoms. The average molecular weight is 260 g/mol. The average Bonchev–Trinajstić information content (AvgIpc) is 2.46. The molecule has 0 amide bonds. The molecule has 0 aliphatic rings. The van der Waals surface area contributed by atoms with Crippen molar-refractivity contribution in [3.8, 4) is 5.75 Å². The zero-order chi connectivity index (χ0) is 14.1. The Hall–Kier alpha value is -1.24. The first kappa shape index (κ1) is 15.8. The highest BCUT2D eigenvalue weighted by Gasteiger charge is 2.12. The lowest BCUT2D eigenvalue weighted by atomic mass is 9.88. The van der Waals surface area contributed by atoms with Gasteiger partial charge in [-0.05, 0) is 61.8 Å². The number of allylic oxidation sites excluding steroid dienone is 2. The lowest BCUT2D eigenvalue weighted by molar-refractivity contribution is 0.317. The molecule has 0 aromatic heterocycles. The highest BCUT2D eigenvalue weighted by molar-refractivity contribution is 5.38. The fraction of sp³-hybridized carbons (Fsp3) is 0.556. The molecule has 0 saturated heterocycles. The van der Waals surface area contributed by atoms with Gasteiger partial charge in [0.25, 0.3) is 0 Å². The van der Waals surface area contributed by atoms with Crippen molar-refractivity contribution in [1.82, 2.24) is 0 Å². The second kappa shape index (κ2) is 8.79. The summed E-state index contributed by atoms with van der Waals surface area (Å²) in [6, 6.07) is 6.62. The van der Waals surface area contributed by atoms with Gasteiger partial charge in [-0.3, -0.25) is 0 Å². The smallest absolute Gasteiger partial charge is 0.119 e. The minimum atomic E-state index is 0.631. The van der Waals surface area contributed by atoms with Crippen molar-refractivity contribution in [3.05, 3.63) is 41.5 Å². The van der Waals surface area contributed by atoms with Crippen molar-refractivity contribution in [1.29, 1.82) is 0 Å². The van der Waals surface area contributed by atoms with Gasteiger partial charge in [-0.2, -0.15) is 0 Å². The molecular formula is C18H28O. The summed E-state index contributed by atoms with van der Waals surface area (Å²) >= 11 is 0. The molecule has 1 heteroatoms. The van der Waals surface area contributed by atoms with Crippen LogP contribution < -0.4 is 4.74 Å². The van der Waals surface area contributed by atoms with Gasteiger partial charge < -0.3 is 4.74 Å². The third kappa shape index (κ3) is 4.74. The van der Waals surface area contributed by atoms with E-state index in [2.05, 4.69) is 58.0 Å². The summed E-state index contributed by atoms with van der Waals surface area (Å²) in [7, 11) is 0. The molecule has 0 heterocycles. The van der Waals surface area contributed by atoms with Crippen molar-refractivity contribution >= 4 is 0 Å². The normalized spacial score (nSPS) is 12.8. The molecule has 0 aliphatic carbocycles. The first-order valence-corrected chi connectivity index (χ1v) is 7.63. The Morgan fingerprint density at radius 3 is 2.58 bits per heavy atom. The highest BCUT2D eigenvalue weighted by Crippen LogP contribution is 2.30. The van der Waals surface area contributed by atoms with Crippen LogP contribution in [0.2, 0.25) is 0 Å². The lowest BCUT2D eigenvalue weighted by Crippen LogP contribution is -2.03. The molecule has 0 fully saturated rings. The van der Waals surface area contributed by atoms with Crippen LogP contribution in [0.4, 0.5) is 0 Å². The number of rotatable bonds is 8. The van der Waals surface area contributed by atoms with Gasteiger partial charge in [0.2, 0.25) is 0 Å². The van der Waals surface area contributed by atoms with Gasteiger partial charge in [0, 0.05) is 0 Å². The Kier molecular flexibility index (Phi) is 7.32. The second-order valence-electron chi connectivity index (χ2n) is 4.97. The minimum absolute atomic E-state index is 0.631. The Morgan fingerprint density at radius 2 is 2.00 bits per heavy atom. The van der Waals surface area contributed by atoms with Crippen LogP contribution in [-0.4, -0.2) is 6.61 Å². The summed E-state index contributed by atoms with van der Waals surface area (Å²) in [4.78, 5) is 0. The molecule has 0 bridgehead atoms. The van der Waals surface area contributed by atoms with Gasteiger partial charge in [0.1, 0.15) is 5.75 Å². The van der Waals surface area contributed by atoms with E-state index >= 15 is 0 Å². The van der Waals surface area contributed by atoms with Crippen LogP contribution in [0.3, 0.4) is 0 Å². The molecule has 1 aromatic rings. The lowest BCUT2D eigenvalue weighted by Gasteiger charge is -2.18. The van der Waals surface area contributed by atoms with Crippen LogP contribution in [0.1, 0.15) is 64.0 Å². The summed E-state index contributed by atoms with van der Waals surface area (Å²) in [5, 5.41) is 0. The van der Waals surface area contributed by atoms with Gasteiger partial charge in [-0.1, -0.05) is 39.0 Å². The molecule has 0 spiro atoms. The van der Waals surface area contributed by atoms with Crippen LogP contribution in [-0.2, 0) is 6.42 Å². The molecule has 0 radical (unpaired) electrons. The van der Waals surface area contributed by atoms with Crippen LogP contribution in [0.25, 0.3) is 0 Å². The molecule has 0 aliphatic heterocycles. The number of benzene rings is 1. The van der Waals surface area contributed by atoms with Gasteiger partial charge in [-0.25, -0.2) is 0 Å². The van der Waals surface area contributed by atoms with E-state index in [0.29, 0.717) is 5.92 Å². The highest BCUT2D eigenvalue weighted by atomic mass is 16.5. The maximum atomic E-state index is 5.73. The Labute approximate surface area is 118 Å². The van der Waals surface area contributed by atoms with Crippen LogP contribution in [0, 0.1) is 0 Å². The van der Waals surface area contributed by atoms with E-state index in [1.165, 1.54) is 17.5 Å². The minimum Gasteiger partial charge on any atom is -0.494 e. The summed E-state index contributed by atoms with van der Waals surface area (Å²) in [6.45, 7) is 9.53. The number of hydrogen-bond donors (Lipinski definition) is 0. The monoisotopic (exact) mass is 260 g/mol. The molecule has 1 atom stereocenters. The Bertz CT molecular complexity index is 393. The molecule has 0 N–H and O–H groups in total. The third-order valence-electron chi connectivity index (χ3n) is 3.56. The van der Waals surface area contributed by atoms with Crippen LogP contribution >= 0.6 is 0 Å². The SMILES string of the molecule is C/C=C\CC(CC)c1ccc(OCCC)cc1CC. The zero-order valence-electron chi connectivity index (χ0n) is 12.9. The van der Waals surface area contributed by atoms with Gasteiger partial charge >= 0.3 is 0 Å². The number of ether oxygens (including phenoxy) is 1. The predicted molar refractivity (Wildman–Crippen MR) is 84.1 cm³/mol. The molecule has 1 aromatic carbocycles. The zero-order valence-corrected chi connectivity index (χ0v) is 12.9. The van der Waals surface area contributed by atoms with Crippen molar-refractivity contribution in [3.63, 3.8) is 0 Å². The maximum Gasteiger partial charge on any atom is 0.119 e. The first-order chi connectivity index (χ1) is 9.26. The Balaban J connectivity index is 2.92. The first-order valence-electron chi connectivity index (χ1n) is 7.63. The number of aryl methyl sites for hydroxylation is 1. The van der Waals surface area contributed by atoms with E-state index in [-0.39, 0.29) is 0 Å². The fourth-order valence-corrected chi connectivity index (χ4v) is 2.41. The Morgan fingerprint density at radius 1 is 1.21 bits per heavy atom. The van der Waals surface area contributed by atoms with E-state index in [1.807, 2.05) is 0 Å². The van der Waals surface area contributed by atoms with E-state index in [9.17, 15) is 0 Å². The number of hydrogen-bond acceptors (Lipinski definition) is 1. The van der Waals surface area contributed by atoms with Crippen molar-refractivity contribution in [2.45, 2.75) is 59.3 Å². The van der Waals surface area contributed by atoms with E-state index in [4.69, 9.17) is 4.74 Å². The topological polar surface area (TPSA) is 9.23 Å². The van der Waals surface area contributed by atoms with E-state index < -0.39 is 0 Å². The van der Waals surface area contributed by atoms with Crippen LogP contribution in [0.5, 0.6) is 5.75 Å². The largest absolute Gasteiger partial charge is 0.494 e. The molecular weight excluding hydrogens is 232 g/mol.